The molecule has 0 rings (SSSR count). The highest BCUT2D eigenvalue weighted by atomic mass is 16.6. The molecule has 0 aliphatic heterocycles. The summed E-state index contributed by atoms with van der Waals surface area (Å²) < 4.78 is 16.8. The predicted octanol–water partition coefficient (Wildman–Crippen LogP) is 23.4. The average Bonchev–Trinajstić information content (AvgIpc) is 3.49. The predicted molar refractivity (Wildman–Crippen MR) is 361 cm³/mol. The van der Waals surface area contributed by atoms with Gasteiger partial charge in [-0.2, -0.15) is 0 Å². The first-order valence-corrected chi connectivity index (χ1v) is 33.6. The Morgan fingerprint density at radius 2 is 0.470 bits per heavy atom. The minimum Gasteiger partial charge on any atom is -0.462 e. The molecule has 0 aliphatic rings. The van der Waals surface area contributed by atoms with E-state index in [-0.39, 0.29) is 38.0 Å². The van der Waals surface area contributed by atoms with E-state index < -0.39 is 12.1 Å². The zero-order chi connectivity index (χ0) is 59.9. The third kappa shape index (κ3) is 67.4. The Morgan fingerprint density at radius 1 is 0.253 bits per heavy atom. The van der Waals surface area contributed by atoms with Crippen molar-refractivity contribution in [1.82, 2.24) is 0 Å². The summed E-state index contributed by atoms with van der Waals surface area (Å²) in [6.07, 6.45) is 103. The van der Waals surface area contributed by atoms with Crippen LogP contribution in [0, 0.1) is 0 Å². The highest BCUT2D eigenvalue weighted by Gasteiger charge is 2.19. The van der Waals surface area contributed by atoms with Crippen molar-refractivity contribution in [2.45, 2.75) is 284 Å². The van der Waals surface area contributed by atoms with Crippen LogP contribution >= 0.6 is 0 Å². The van der Waals surface area contributed by atoms with Crippen molar-refractivity contribution >= 4 is 17.9 Å². The smallest absolute Gasteiger partial charge is 0.310 e. The topological polar surface area (TPSA) is 78.9 Å². The van der Waals surface area contributed by atoms with Gasteiger partial charge in [-0.05, 0) is 128 Å². The van der Waals surface area contributed by atoms with Gasteiger partial charge in [-0.25, -0.2) is 0 Å². The first kappa shape index (κ1) is 77.8. The first-order valence-electron chi connectivity index (χ1n) is 33.6. The van der Waals surface area contributed by atoms with E-state index in [1.165, 1.54) is 109 Å². The summed E-state index contributed by atoms with van der Waals surface area (Å²) in [6.45, 7) is 6.18. The van der Waals surface area contributed by atoms with Crippen molar-refractivity contribution in [3.8, 4) is 0 Å². The van der Waals surface area contributed by atoms with Crippen molar-refractivity contribution in [3.63, 3.8) is 0 Å². The summed E-state index contributed by atoms with van der Waals surface area (Å²) in [5.41, 5.74) is 0. The van der Waals surface area contributed by atoms with Gasteiger partial charge in [0.25, 0.3) is 0 Å². The van der Waals surface area contributed by atoms with E-state index >= 15 is 0 Å². The van der Waals surface area contributed by atoms with Crippen LogP contribution < -0.4 is 0 Å². The SMILES string of the molecule is CC/C=C\C/C=C\C/C=C\C/C=C\C/C=C\CCCCCCCCCCCCCCCCCCCCCC(=O)OCC(COC(=O)CCCC/C=C\C/C=C\C/C=C\C/C=C\CC)OC(=O)C/C=C\C/C=C\C/C=C\C/C=C\C/C=C\CC. The molecule has 0 amide bonds. The molecular formula is C77H122O6. The molecule has 0 aromatic rings. The van der Waals surface area contributed by atoms with Crippen molar-refractivity contribution in [2.75, 3.05) is 13.2 Å². The molecule has 0 aromatic carbocycles. The fourth-order valence-electron chi connectivity index (χ4n) is 8.83. The van der Waals surface area contributed by atoms with Crippen LogP contribution in [0.1, 0.15) is 278 Å². The number of unbranched alkanes of at least 4 members (excludes halogenated alkanes) is 21. The Hall–Kier alpha value is -5.23. The lowest BCUT2D eigenvalue weighted by Gasteiger charge is -2.18. The molecule has 0 aromatic heterocycles. The number of carbonyl (C=O) groups is 3. The summed E-state index contributed by atoms with van der Waals surface area (Å²) in [6, 6.07) is 0. The zero-order valence-corrected chi connectivity index (χ0v) is 53.4. The largest absolute Gasteiger partial charge is 0.462 e. The molecule has 0 saturated carbocycles. The van der Waals surface area contributed by atoms with Gasteiger partial charge in [0, 0.05) is 12.8 Å². The highest BCUT2D eigenvalue weighted by molar-refractivity contribution is 5.72. The van der Waals surface area contributed by atoms with E-state index in [1.54, 1.807) is 6.08 Å². The fourth-order valence-corrected chi connectivity index (χ4v) is 8.83. The summed E-state index contributed by atoms with van der Waals surface area (Å²) in [4.78, 5) is 38.2. The van der Waals surface area contributed by atoms with E-state index in [1.807, 2.05) is 6.08 Å². The van der Waals surface area contributed by atoms with Crippen LogP contribution in [0.5, 0.6) is 0 Å². The molecule has 0 fully saturated rings. The van der Waals surface area contributed by atoms with Gasteiger partial charge in [0.15, 0.2) is 6.10 Å². The molecule has 0 bridgehead atoms. The highest BCUT2D eigenvalue weighted by Crippen LogP contribution is 2.16. The van der Waals surface area contributed by atoms with Gasteiger partial charge in [0.2, 0.25) is 0 Å². The van der Waals surface area contributed by atoms with Crippen molar-refractivity contribution < 1.29 is 28.6 Å². The molecule has 1 atom stereocenters. The average molecular weight is 1140 g/mol. The Bertz CT molecular complexity index is 1890. The van der Waals surface area contributed by atoms with Gasteiger partial charge in [0.1, 0.15) is 13.2 Å². The third-order valence-electron chi connectivity index (χ3n) is 13.7. The Morgan fingerprint density at radius 3 is 0.759 bits per heavy atom. The van der Waals surface area contributed by atoms with Crippen molar-refractivity contribution in [3.05, 3.63) is 170 Å². The Balaban J connectivity index is 4.25. The van der Waals surface area contributed by atoms with Crippen LogP contribution in [0.2, 0.25) is 0 Å². The normalized spacial score (nSPS) is 13.2. The zero-order valence-electron chi connectivity index (χ0n) is 53.4. The van der Waals surface area contributed by atoms with E-state index in [9.17, 15) is 14.4 Å². The second-order valence-electron chi connectivity index (χ2n) is 21.6. The maximum atomic E-state index is 12.8. The molecule has 466 valence electrons. The third-order valence-corrected chi connectivity index (χ3v) is 13.7. The minimum absolute atomic E-state index is 0.0821. The molecule has 0 heterocycles. The van der Waals surface area contributed by atoms with E-state index in [2.05, 4.69) is 179 Å². The van der Waals surface area contributed by atoms with E-state index in [0.29, 0.717) is 19.3 Å². The second-order valence-corrected chi connectivity index (χ2v) is 21.6. The van der Waals surface area contributed by atoms with Gasteiger partial charge >= 0.3 is 17.9 Å². The maximum absolute atomic E-state index is 12.8. The summed E-state index contributed by atoms with van der Waals surface area (Å²) in [5.74, 6) is -1.11. The number of rotatable bonds is 59. The number of hydrogen-bond acceptors (Lipinski definition) is 6. The summed E-state index contributed by atoms with van der Waals surface area (Å²) in [5, 5.41) is 0. The molecular weight excluding hydrogens is 1020 g/mol. The summed E-state index contributed by atoms with van der Waals surface area (Å²) in [7, 11) is 0. The van der Waals surface area contributed by atoms with Crippen LogP contribution in [0.15, 0.2) is 170 Å². The van der Waals surface area contributed by atoms with Crippen LogP contribution in [0.25, 0.3) is 0 Å². The van der Waals surface area contributed by atoms with Gasteiger partial charge in [-0.1, -0.05) is 300 Å². The van der Waals surface area contributed by atoms with Crippen LogP contribution in [0.4, 0.5) is 0 Å². The number of ether oxygens (including phenoxy) is 3. The summed E-state index contributed by atoms with van der Waals surface area (Å²) >= 11 is 0. The lowest BCUT2D eigenvalue weighted by molar-refractivity contribution is -0.166. The van der Waals surface area contributed by atoms with Crippen LogP contribution in [-0.2, 0) is 28.6 Å². The van der Waals surface area contributed by atoms with Crippen LogP contribution in [0.3, 0.4) is 0 Å². The molecule has 0 spiro atoms. The quantitative estimate of drug-likeness (QED) is 0.0261. The van der Waals surface area contributed by atoms with Crippen molar-refractivity contribution in [2.24, 2.45) is 0 Å². The van der Waals surface area contributed by atoms with Gasteiger partial charge in [-0.15, -0.1) is 0 Å². The number of esters is 3. The lowest BCUT2D eigenvalue weighted by Crippen LogP contribution is -2.30. The number of carbonyl (C=O) groups excluding carboxylic acids is 3. The van der Waals surface area contributed by atoms with Gasteiger partial charge in [-0.3, -0.25) is 14.4 Å². The molecule has 1 unspecified atom stereocenters. The maximum Gasteiger partial charge on any atom is 0.310 e. The van der Waals surface area contributed by atoms with E-state index in [0.717, 1.165) is 116 Å². The lowest BCUT2D eigenvalue weighted by atomic mass is 10.0. The first-order chi connectivity index (χ1) is 41.0. The molecule has 6 nitrogen and oxygen atoms in total. The second kappa shape index (κ2) is 69.3. The van der Waals surface area contributed by atoms with Crippen LogP contribution in [-0.4, -0.2) is 37.2 Å². The standard InChI is InChI=1S/C77H122O6/c1-4-7-10-13-16-19-22-25-28-29-30-31-32-33-34-35-36-37-38-39-40-41-42-43-44-45-46-47-50-52-55-58-61-64-67-70-76(79)82-73-74(83-77(80)71-68-65-62-59-56-53-49-27-24-21-18-15-12-9-6-3)72-81-75(78)69-66-63-60-57-54-51-48-26-23-20-17-14-11-8-5-2/h7-12,16-21,25-28,30-31,33-34,48-49,54,56-57,59,65,68,74H,4-6,13-15,22-24,29,32,35-47,50-53,55,58,60-64,66-67,69-73H2,1-3H3/b10-7-,11-8-,12-9-,19-16-,20-17-,21-18-,28-25-,31-30-,34-33-,48-26-,49-27-,57-54-,59-56-,68-65-. The van der Waals surface area contributed by atoms with Gasteiger partial charge < -0.3 is 14.2 Å². The molecule has 0 aliphatic carbocycles. The molecule has 6 heteroatoms. The Labute approximate surface area is 511 Å². The molecule has 0 saturated heterocycles. The fraction of sp³-hybridized carbons (Fsp3) is 0.597. The monoisotopic (exact) mass is 1140 g/mol. The Kier molecular flexibility index (Phi) is 64.9. The molecule has 0 N–H and O–H groups in total. The van der Waals surface area contributed by atoms with Crippen molar-refractivity contribution in [1.29, 1.82) is 0 Å². The number of allylic oxidation sites excluding steroid dienone is 27. The van der Waals surface area contributed by atoms with E-state index in [4.69, 9.17) is 14.2 Å². The molecule has 0 radical (unpaired) electrons. The molecule has 83 heavy (non-hydrogen) atoms. The number of hydrogen-bond donors (Lipinski definition) is 0. The van der Waals surface area contributed by atoms with Gasteiger partial charge in [0.05, 0.1) is 6.42 Å². The minimum atomic E-state index is -0.856.